The summed E-state index contributed by atoms with van der Waals surface area (Å²) < 4.78 is 18.2. The maximum absolute atomic E-state index is 12.8. The molecule has 0 spiro atoms. The number of rotatable bonds is 5. The molecule has 0 saturated heterocycles. The lowest BCUT2D eigenvalue weighted by Gasteiger charge is -2.21. The summed E-state index contributed by atoms with van der Waals surface area (Å²) >= 11 is 0. The maximum atomic E-state index is 12.8. The first-order valence-corrected chi connectivity index (χ1v) is 9.60. The zero-order chi connectivity index (χ0) is 19.8. The second-order valence-corrected chi connectivity index (χ2v) is 6.75. The highest BCUT2D eigenvalue weighted by Gasteiger charge is 2.30. The van der Waals surface area contributed by atoms with Crippen LogP contribution in [0.1, 0.15) is 46.5 Å². The predicted octanol–water partition coefficient (Wildman–Crippen LogP) is 4.10. The van der Waals surface area contributed by atoms with Crippen molar-refractivity contribution in [2.24, 2.45) is 0 Å². The Kier molecular flexibility index (Phi) is 4.71. The molecule has 0 saturated carbocycles. The van der Waals surface area contributed by atoms with Gasteiger partial charge in [-0.2, -0.15) is 0 Å². The number of ether oxygens (including phenoxy) is 3. The Labute approximate surface area is 163 Å². The van der Waals surface area contributed by atoms with Crippen molar-refractivity contribution in [2.75, 3.05) is 20.3 Å². The smallest absolute Gasteiger partial charge is 0.339 e. The van der Waals surface area contributed by atoms with E-state index in [1.54, 1.807) is 27.0 Å². The zero-order valence-electron chi connectivity index (χ0n) is 16.3. The Morgan fingerprint density at radius 2 is 1.79 bits per heavy atom. The summed E-state index contributed by atoms with van der Waals surface area (Å²) in [6, 6.07) is 7.70. The minimum atomic E-state index is -0.502. The third-order valence-corrected chi connectivity index (χ3v) is 5.24. The van der Waals surface area contributed by atoms with Crippen molar-refractivity contribution in [3.05, 3.63) is 41.0 Å². The second-order valence-electron chi connectivity index (χ2n) is 6.75. The largest absolute Gasteiger partial charge is 0.497 e. The SMILES string of the molecule is CCOC(=O)c1cc2c3cc(OC)ccc3n3c2c(c1C(=O)OCC)CCC3. The van der Waals surface area contributed by atoms with Crippen LogP contribution in [0.4, 0.5) is 0 Å². The standard InChI is InChI=1S/C22H23NO5/c1-4-27-21(24)17-12-16-15-11-13(26-3)8-9-18(15)23-10-6-7-14(20(16)23)19(17)22(25)28-5-2/h8-9,11-12H,4-7,10H2,1-3H3. The monoisotopic (exact) mass is 381 g/mol. The van der Waals surface area contributed by atoms with Gasteiger partial charge >= 0.3 is 11.9 Å². The number of fused-ring (bicyclic) bond motifs is 3. The summed E-state index contributed by atoms with van der Waals surface area (Å²) in [4.78, 5) is 25.5. The summed E-state index contributed by atoms with van der Waals surface area (Å²) in [5.74, 6) is -0.226. The van der Waals surface area contributed by atoms with Gasteiger partial charge in [-0.3, -0.25) is 0 Å². The number of aryl methyl sites for hydroxylation is 2. The molecular formula is C22H23NO5. The Balaban J connectivity index is 2.11. The number of carbonyl (C=O) groups is 2. The molecule has 2 heterocycles. The Morgan fingerprint density at radius 1 is 1.04 bits per heavy atom. The predicted molar refractivity (Wildman–Crippen MR) is 106 cm³/mol. The van der Waals surface area contributed by atoms with Gasteiger partial charge in [-0.05, 0) is 56.5 Å². The summed E-state index contributed by atoms with van der Waals surface area (Å²) in [5.41, 5.74) is 3.52. The van der Waals surface area contributed by atoms with Crippen LogP contribution in [0.5, 0.6) is 5.75 Å². The van der Waals surface area contributed by atoms with Gasteiger partial charge in [0, 0.05) is 22.8 Å². The lowest BCUT2D eigenvalue weighted by atomic mass is 9.92. The molecule has 28 heavy (non-hydrogen) atoms. The summed E-state index contributed by atoms with van der Waals surface area (Å²) in [6.45, 7) is 4.86. The van der Waals surface area contributed by atoms with Gasteiger partial charge in [-0.15, -0.1) is 0 Å². The van der Waals surface area contributed by atoms with E-state index in [2.05, 4.69) is 4.57 Å². The Hall–Kier alpha value is -3.02. The van der Waals surface area contributed by atoms with Gasteiger partial charge in [-0.25, -0.2) is 9.59 Å². The van der Waals surface area contributed by atoms with Gasteiger partial charge in [0.15, 0.2) is 0 Å². The molecular weight excluding hydrogens is 358 g/mol. The summed E-state index contributed by atoms with van der Waals surface area (Å²) in [6.07, 6.45) is 1.60. The van der Waals surface area contributed by atoms with Crippen molar-refractivity contribution in [3.8, 4) is 5.75 Å². The lowest BCUT2D eigenvalue weighted by molar-refractivity contribution is 0.0478. The third kappa shape index (κ3) is 2.71. The van der Waals surface area contributed by atoms with Gasteiger partial charge in [0.2, 0.25) is 0 Å². The Morgan fingerprint density at radius 3 is 2.50 bits per heavy atom. The van der Waals surface area contributed by atoms with Crippen LogP contribution < -0.4 is 4.74 Å². The topological polar surface area (TPSA) is 66.8 Å². The molecule has 3 aromatic rings. The van der Waals surface area contributed by atoms with E-state index in [9.17, 15) is 9.59 Å². The average molecular weight is 381 g/mol. The molecule has 0 bridgehead atoms. The fraction of sp³-hybridized carbons (Fsp3) is 0.364. The molecule has 0 atom stereocenters. The van der Waals surface area contributed by atoms with E-state index in [0.29, 0.717) is 12.0 Å². The maximum Gasteiger partial charge on any atom is 0.339 e. The van der Waals surface area contributed by atoms with Crippen LogP contribution in [0.25, 0.3) is 21.8 Å². The van der Waals surface area contributed by atoms with E-state index in [0.717, 1.165) is 46.1 Å². The molecule has 0 fully saturated rings. The number of esters is 2. The van der Waals surface area contributed by atoms with Crippen molar-refractivity contribution < 1.29 is 23.8 Å². The van der Waals surface area contributed by atoms with Gasteiger partial charge in [0.25, 0.3) is 0 Å². The molecule has 1 aromatic heterocycles. The van der Waals surface area contributed by atoms with Gasteiger partial charge in [0.05, 0.1) is 37.0 Å². The number of hydrogen-bond donors (Lipinski definition) is 0. The van der Waals surface area contributed by atoms with Crippen molar-refractivity contribution in [3.63, 3.8) is 0 Å². The number of methoxy groups -OCH3 is 1. The van der Waals surface area contributed by atoms with E-state index in [-0.39, 0.29) is 18.8 Å². The van der Waals surface area contributed by atoms with E-state index in [4.69, 9.17) is 14.2 Å². The first kappa shape index (κ1) is 18.3. The Bertz CT molecular complexity index is 1100. The van der Waals surface area contributed by atoms with Crippen LogP contribution in [0.2, 0.25) is 0 Å². The van der Waals surface area contributed by atoms with E-state index < -0.39 is 11.9 Å². The van der Waals surface area contributed by atoms with Crippen LogP contribution in [0, 0.1) is 0 Å². The highest BCUT2D eigenvalue weighted by atomic mass is 16.5. The van der Waals surface area contributed by atoms with E-state index in [1.165, 1.54) is 0 Å². The number of nitrogens with zero attached hydrogens (tertiary/aromatic N) is 1. The molecule has 2 aromatic carbocycles. The van der Waals surface area contributed by atoms with Crippen LogP contribution >= 0.6 is 0 Å². The van der Waals surface area contributed by atoms with Gasteiger partial charge < -0.3 is 18.8 Å². The van der Waals surface area contributed by atoms with Crippen LogP contribution in [0.15, 0.2) is 24.3 Å². The third-order valence-electron chi connectivity index (χ3n) is 5.24. The molecule has 0 N–H and O–H groups in total. The van der Waals surface area contributed by atoms with Gasteiger partial charge in [0.1, 0.15) is 5.75 Å². The van der Waals surface area contributed by atoms with Gasteiger partial charge in [-0.1, -0.05) is 0 Å². The zero-order valence-corrected chi connectivity index (χ0v) is 16.3. The molecule has 6 nitrogen and oxygen atoms in total. The first-order valence-electron chi connectivity index (χ1n) is 9.60. The summed E-state index contributed by atoms with van der Waals surface area (Å²) in [7, 11) is 1.63. The molecule has 0 radical (unpaired) electrons. The summed E-state index contributed by atoms with van der Waals surface area (Å²) in [5, 5.41) is 1.93. The number of benzene rings is 2. The first-order chi connectivity index (χ1) is 13.6. The normalized spacial score (nSPS) is 13.0. The number of hydrogen-bond acceptors (Lipinski definition) is 5. The molecule has 0 unspecified atom stereocenters. The molecule has 6 heteroatoms. The van der Waals surface area contributed by atoms with E-state index >= 15 is 0 Å². The fourth-order valence-electron chi connectivity index (χ4n) is 4.15. The van der Waals surface area contributed by atoms with Crippen molar-refractivity contribution in [1.29, 1.82) is 0 Å². The second kappa shape index (κ2) is 7.19. The molecule has 0 aliphatic carbocycles. The highest BCUT2D eigenvalue weighted by Crippen LogP contribution is 2.39. The molecule has 146 valence electrons. The minimum absolute atomic E-state index is 0.240. The fourth-order valence-corrected chi connectivity index (χ4v) is 4.15. The van der Waals surface area contributed by atoms with E-state index in [1.807, 2.05) is 18.2 Å². The number of carbonyl (C=O) groups excluding carboxylic acids is 2. The van der Waals surface area contributed by atoms with Crippen LogP contribution in [-0.2, 0) is 22.4 Å². The molecule has 1 aliphatic rings. The van der Waals surface area contributed by atoms with Crippen LogP contribution in [-0.4, -0.2) is 36.8 Å². The van der Waals surface area contributed by atoms with Crippen LogP contribution in [0.3, 0.4) is 0 Å². The van der Waals surface area contributed by atoms with Crippen molar-refractivity contribution >= 4 is 33.7 Å². The van der Waals surface area contributed by atoms with Crippen molar-refractivity contribution in [1.82, 2.24) is 4.57 Å². The molecule has 1 aliphatic heterocycles. The number of aromatic nitrogens is 1. The average Bonchev–Trinajstić information content (AvgIpc) is 3.02. The molecule has 0 amide bonds. The minimum Gasteiger partial charge on any atom is -0.497 e. The molecule has 4 rings (SSSR count). The lowest BCUT2D eigenvalue weighted by Crippen LogP contribution is -2.19. The van der Waals surface area contributed by atoms with Crippen molar-refractivity contribution in [2.45, 2.75) is 33.2 Å². The quantitative estimate of drug-likeness (QED) is 0.623. The highest BCUT2D eigenvalue weighted by molar-refractivity contribution is 6.16.